The minimum atomic E-state index is -1.22. The van der Waals surface area contributed by atoms with Gasteiger partial charge in [-0.15, -0.1) is 0 Å². The predicted molar refractivity (Wildman–Crippen MR) is 77.1 cm³/mol. The molecule has 0 saturated heterocycles. The minimum Gasteiger partial charge on any atom is -0.478 e. The zero-order valence-corrected chi connectivity index (χ0v) is 12.5. The third-order valence-electron chi connectivity index (χ3n) is 3.32. The summed E-state index contributed by atoms with van der Waals surface area (Å²) in [6.07, 6.45) is 0.945. The molecule has 0 aliphatic heterocycles. The lowest BCUT2D eigenvalue weighted by Gasteiger charge is -2.23. The van der Waals surface area contributed by atoms with Gasteiger partial charge in [0.15, 0.2) is 5.76 Å². The lowest BCUT2D eigenvalue weighted by Crippen LogP contribution is -2.32. The number of furan rings is 1. The Morgan fingerprint density at radius 2 is 1.91 bits per heavy atom. The molecule has 0 spiro atoms. The maximum absolute atomic E-state index is 13.9. The van der Waals surface area contributed by atoms with Crippen LogP contribution in [0.3, 0.4) is 0 Å². The van der Waals surface area contributed by atoms with Gasteiger partial charge in [-0.1, -0.05) is 19.9 Å². The smallest absolute Gasteiger partial charge is 0.338 e. The predicted octanol–water partition coefficient (Wildman–Crippen LogP) is 3.38. The number of rotatable bonds is 5. The first-order valence-corrected chi connectivity index (χ1v) is 6.87. The van der Waals surface area contributed by atoms with Crippen LogP contribution < -0.4 is 5.32 Å². The van der Waals surface area contributed by atoms with Gasteiger partial charge in [0.2, 0.25) is 0 Å². The fourth-order valence-corrected chi connectivity index (χ4v) is 2.14. The van der Waals surface area contributed by atoms with E-state index in [4.69, 9.17) is 9.52 Å². The molecular weight excluding hydrogens is 308 g/mol. The van der Waals surface area contributed by atoms with Crippen LogP contribution in [0.2, 0.25) is 0 Å². The molecule has 0 saturated carbocycles. The summed E-state index contributed by atoms with van der Waals surface area (Å²) in [5.74, 6) is -3.77. The minimum absolute atomic E-state index is 0.139. The zero-order valence-electron chi connectivity index (χ0n) is 12.5. The van der Waals surface area contributed by atoms with E-state index < -0.39 is 29.6 Å². The first-order chi connectivity index (χ1) is 10.8. The maximum atomic E-state index is 13.9. The van der Waals surface area contributed by atoms with Gasteiger partial charge in [0.05, 0.1) is 11.6 Å². The monoisotopic (exact) mass is 323 g/mol. The lowest BCUT2D eigenvalue weighted by molar-refractivity contribution is 0.0695. The summed E-state index contributed by atoms with van der Waals surface area (Å²) in [6.45, 7) is 3.52. The number of carbonyl (C=O) groups excluding carboxylic acids is 1. The van der Waals surface area contributed by atoms with Crippen LogP contribution in [0, 0.1) is 17.6 Å². The molecule has 0 radical (unpaired) electrons. The number of hydrogen-bond donors (Lipinski definition) is 2. The second-order valence-electron chi connectivity index (χ2n) is 5.37. The highest BCUT2D eigenvalue weighted by Gasteiger charge is 2.24. The molecule has 122 valence electrons. The van der Waals surface area contributed by atoms with Crippen LogP contribution in [-0.4, -0.2) is 17.0 Å². The molecule has 1 heterocycles. The number of carbonyl (C=O) groups is 2. The summed E-state index contributed by atoms with van der Waals surface area (Å²) >= 11 is 0. The van der Waals surface area contributed by atoms with Crippen molar-refractivity contribution in [3.63, 3.8) is 0 Å². The molecule has 5 nitrogen and oxygen atoms in total. The molecule has 2 N–H and O–H groups in total. The van der Waals surface area contributed by atoms with Crippen LogP contribution in [0.4, 0.5) is 8.78 Å². The molecule has 0 fully saturated rings. The first kappa shape index (κ1) is 16.7. The Hall–Kier alpha value is -2.70. The summed E-state index contributed by atoms with van der Waals surface area (Å²) in [4.78, 5) is 22.9. The lowest BCUT2D eigenvalue weighted by atomic mass is 9.95. The molecule has 0 aliphatic rings. The molecule has 1 amide bonds. The SMILES string of the molecule is CC(C)C(NC(=O)c1cc(C(=O)O)co1)c1ccc(F)cc1F. The van der Waals surface area contributed by atoms with E-state index >= 15 is 0 Å². The van der Waals surface area contributed by atoms with E-state index in [0.29, 0.717) is 0 Å². The van der Waals surface area contributed by atoms with E-state index in [9.17, 15) is 18.4 Å². The van der Waals surface area contributed by atoms with E-state index in [1.807, 2.05) is 0 Å². The molecule has 1 unspecified atom stereocenters. The topological polar surface area (TPSA) is 79.5 Å². The Bertz CT molecular complexity index is 739. The highest BCUT2D eigenvalue weighted by atomic mass is 19.1. The molecule has 1 aromatic heterocycles. The highest BCUT2D eigenvalue weighted by Crippen LogP contribution is 2.25. The van der Waals surface area contributed by atoms with Crippen LogP contribution in [0.25, 0.3) is 0 Å². The summed E-state index contributed by atoms with van der Waals surface area (Å²) in [5.41, 5.74) is -0.0241. The Kier molecular flexibility index (Phi) is 4.78. The Morgan fingerprint density at radius 1 is 1.22 bits per heavy atom. The molecule has 1 atom stereocenters. The summed E-state index contributed by atoms with van der Waals surface area (Å²) in [5, 5.41) is 11.4. The van der Waals surface area contributed by atoms with E-state index in [-0.39, 0.29) is 22.8 Å². The second-order valence-corrected chi connectivity index (χ2v) is 5.37. The van der Waals surface area contributed by atoms with Gasteiger partial charge in [0, 0.05) is 17.7 Å². The number of benzene rings is 1. The standard InChI is InChI=1S/C16H15F2NO4/c1-8(2)14(11-4-3-10(17)6-12(11)18)19-15(20)13-5-9(7-23-13)16(21)22/h3-8,14H,1-2H3,(H,19,20)(H,21,22). The van der Waals surface area contributed by atoms with Gasteiger partial charge < -0.3 is 14.8 Å². The Balaban J connectivity index is 2.25. The van der Waals surface area contributed by atoms with Gasteiger partial charge in [0.25, 0.3) is 5.91 Å². The zero-order chi connectivity index (χ0) is 17.1. The fourth-order valence-electron chi connectivity index (χ4n) is 2.14. The van der Waals surface area contributed by atoms with Crippen molar-refractivity contribution in [2.24, 2.45) is 5.92 Å². The molecular formula is C16H15F2NO4. The van der Waals surface area contributed by atoms with Crippen molar-refractivity contribution in [1.82, 2.24) is 5.32 Å². The van der Waals surface area contributed by atoms with Crippen LogP contribution >= 0.6 is 0 Å². The third-order valence-corrected chi connectivity index (χ3v) is 3.32. The Morgan fingerprint density at radius 3 is 2.43 bits per heavy atom. The third kappa shape index (κ3) is 3.74. The van der Waals surface area contributed by atoms with Crippen molar-refractivity contribution in [2.75, 3.05) is 0 Å². The van der Waals surface area contributed by atoms with Crippen molar-refractivity contribution >= 4 is 11.9 Å². The number of amides is 1. The van der Waals surface area contributed by atoms with Gasteiger partial charge >= 0.3 is 5.97 Å². The van der Waals surface area contributed by atoms with E-state index in [1.54, 1.807) is 13.8 Å². The summed E-state index contributed by atoms with van der Waals surface area (Å²) < 4.78 is 31.9. The van der Waals surface area contributed by atoms with Crippen LogP contribution in [0.15, 0.2) is 34.9 Å². The average Bonchev–Trinajstić information content (AvgIpc) is 2.95. The first-order valence-electron chi connectivity index (χ1n) is 6.87. The summed E-state index contributed by atoms with van der Waals surface area (Å²) in [7, 11) is 0. The molecule has 7 heteroatoms. The molecule has 23 heavy (non-hydrogen) atoms. The number of hydrogen-bond acceptors (Lipinski definition) is 3. The van der Waals surface area contributed by atoms with E-state index in [0.717, 1.165) is 24.5 Å². The molecule has 0 aliphatic carbocycles. The molecule has 0 bridgehead atoms. The van der Waals surface area contributed by atoms with Gasteiger partial charge in [-0.05, 0) is 12.0 Å². The number of nitrogens with one attached hydrogen (secondary N) is 1. The van der Waals surface area contributed by atoms with Gasteiger partial charge in [-0.25, -0.2) is 13.6 Å². The van der Waals surface area contributed by atoms with Crippen molar-refractivity contribution in [1.29, 1.82) is 0 Å². The second kappa shape index (κ2) is 6.60. The average molecular weight is 323 g/mol. The fraction of sp³-hybridized carbons (Fsp3) is 0.250. The van der Waals surface area contributed by atoms with E-state index in [2.05, 4.69) is 5.32 Å². The van der Waals surface area contributed by atoms with Crippen molar-refractivity contribution in [3.8, 4) is 0 Å². The Labute approximate surface area is 130 Å². The number of aromatic carboxylic acids is 1. The summed E-state index contributed by atoms with van der Waals surface area (Å²) in [6, 6.07) is 3.47. The van der Waals surface area contributed by atoms with Crippen LogP contribution in [-0.2, 0) is 0 Å². The van der Waals surface area contributed by atoms with Crippen molar-refractivity contribution in [2.45, 2.75) is 19.9 Å². The largest absolute Gasteiger partial charge is 0.478 e. The van der Waals surface area contributed by atoms with Crippen LogP contribution in [0.1, 0.15) is 46.4 Å². The number of carboxylic acid groups (broad SMARTS) is 1. The molecule has 2 rings (SSSR count). The van der Waals surface area contributed by atoms with Crippen molar-refractivity contribution < 1.29 is 27.9 Å². The maximum Gasteiger partial charge on any atom is 0.338 e. The quantitative estimate of drug-likeness (QED) is 0.884. The highest BCUT2D eigenvalue weighted by molar-refractivity contribution is 5.95. The van der Waals surface area contributed by atoms with Gasteiger partial charge in [-0.3, -0.25) is 4.79 Å². The van der Waals surface area contributed by atoms with Gasteiger partial charge in [0.1, 0.15) is 17.9 Å². The van der Waals surface area contributed by atoms with Gasteiger partial charge in [-0.2, -0.15) is 0 Å². The molecule has 1 aromatic carbocycles. The normalized spacial score (nSPS) is 12.2. The van der Waals surface area contributed by atoms with Crippen LogP contribution in [0.5, 0.6) is 0 Å². The number of carboxylic acids is 1. The van der Waals surface area contributed by atoms with Crippen molar-refractivity contribution in [3.05, 3.63) is 59.1 Å². The molecule has 2 aromatic rings. The number of halogens is 2. The van der Waals surface area contributed by atoms with E-state index in [1.165, 1.54) is 6.07 Å².